The van der Waals surface area contributed by atoms with Gasteiger partial charge in [-0.2, -0.15) is 0 Å². The van der Waals surface area contributed by atoms with Crippen molar-refractivity contribution in [2.75, 3.05) is 0 Å². The molecule has 1 nitrogen and oxygen atoms in total. The highest BCUT2D eigenvalue weighted by Crippen LogP contribution is 2.62. The Kier molecular flexibility index (Phi) is 8.87. The summed E-state index contributed by atoms with van der Waals surface area (Å²) in [6.45, 7) is 0. The van der Waals surface area contributed by atoms with Crippen LogP contribution in [0.4, 0.5) is 0 Å². The van der Waals surface area contributed by atoms with E-state index < -0.39 is 5.41 Å². The molecule has 0 bridgehead atoms. The largest absolute Gasteiger partial charge is 0.456 e. The second-order valence-electron chi connectivity index (χ2n) is 18.2. The highest BCUT2D eigenvalue weighted by Gasteiger charge is 2.50. The molecule has 1 unspecified atom stereocenters. The molecule has 67 heavy (non-hydrogen) atoms. The van der Waals surface area contributed by atoms with Gasteiger partial charge in [0.05, 0.1) is 5.41 Å². The number of para-hydroxylation sites is 1. The van der Waals surface area contributed by atoms with Gasteiger partial charge < -0.3 is 4.42 Å². The summed E-state index contributed by atoms with van der Waals surface area (Å²) in [6, 6.07) is 84.0. The van der Waals surface area contributed by atoms with Crippen molar-refractivity contribution in [3.63, 3.8) is 0 Å². The normalized spacial score (nSPS) is 13.8. The summed E-state index contributed by atoms with van der Waals surface area (Å²) < 4.78 is 9.14. The lowest BCUT2D eigenvalue weighted by Crippen LogP contribution is -2.31. The number of rotatable bonds is 7. The van der Waals surface area contributed by atoms with E-state index in [0.29, 0.717) is 0 Å². The number of thiophene rings is 1. The molecule has 2 aromatic heterocycles. The molecule has 14 rings (SSSR count). The van der Waals surface area contributed by atoms with Crippen LogP contribution in [0.5, 0.6) is 0 Å². The van der Waals surface area contributed by atoms with Gasteiger partial charge in [0, 0.05) is 46.7 Å². The zero-order chi connectivity index (χ0) is 44.1. The summed E-state index contributed by atoms with van der Waals surface area (Å²) in [4.78, 5) is 2.66. The van der Waals surface area contributed by atoms with Gasteiger partial charge in [-0.1, -0.05) is 188 Å². The molecule has 0 N–H and O–H groups in total. The van der Waals surface area contributed by atoms with E-state index in [1.165, 1.54) is 102 Å². The topological polar surface area (TPSA) is 13.1 Å². The fourth-order valence-corrected chi connectivity index (χ4v) is 14.0. The zero-order valence-corrected chi connectivity index (χ0v) is 38.2. The predicted molar refractivity (Wildman–Crippen MR) is 282 cm³/mol. The average molecular weight is 891 g/mol. The molecule has 3 heteroatoms. The highest BCUT2D eigenvalue weighted by atomic mass is 32.2. The van der Waals surface area contributed by atoms with Crippen molar-refractivity contribution in [2.24, 2.45) is 0 Å². The van der Waals surface area contributed by atoms with Gasteiger partial charge in [-0.25, -0.2) is 0 Å². The summed E-state index contributed by atoms with van der Waals surface area (Å²) in [5, 5.41) is 4.93. The summed E-state index contributed by atoms with van der Waals surface area (Å²) in [7, 11) is 0. The standard InChI is InChI=1S/C64H42OS2/c1-2-14-41(15-3-1)42-29-26-40(27-30-42)28-33-46(43-32-35-55-52(36-43)47-16-4-7-19-54(47)64(55)56-20-8-12-24-61(56)66-62-25-13-9-21-57(62)64)45-37-51(63-53(38-45)50-18-6-11-23-60(50)67-63)44-31-34-49-48-17-5-10-22-58(48)65-59(49)39-44/h1-27,29-32,34-39,46H,28,33H2. The van der Waals surface area contributed by atoms with Gasteiger partial charge in [-0.15, -0.1) is 11.3 Å². The van der Waals surface area contributed by atoms with Crippen molar-refractivity contribution in [2.45, 2.75) is 34.0 Å². The Morgan fingerprint density at radius 3 is 1.85 bits per heavy atom. The van der Waals surface area contributed by atoms with Gasteiger partial charge in [-0.05, 0) is 134 Å². The molecule has 2 aliphatic rings. The third-order valence-corrected chi connectivity index (χ3v) is 17.0. The van der Waals surface area contributed by atoms with Crippen molar-refractivity contribution < 1.29 is 4.42 Å². The van der Waals surface area contributed by atoms with Crippen LogP contribution in [0.1, 0.15) is 51.3 Å². The lowest BCUT2D eigenvalue weighted by atomic mass is 9.67. The summed E-state index contributed by atoms with van der Waals surface area (Å²) >= 11 is 3.80. The van der Waals surface area contributed by atoms with Crippen LogP contribution in [0.2, 0.25) is 0 Å². The van der Waals surface area contributed by atoms with Crippen molar-refractivity contribution in [1.82, 2.24) is 0 Å². The summed E-state index contributed by atoms with van der Waals surface area (Å²) in [5.41, 5.74) is 18.5. The Hall–Kier alpha value is -7.43. The molecule has 10 aromatic carbocycles. The first-order chi connectivity index (χ1) is 33.2. The van der Waals surface area contributed by atoms with Crippen LogP contribution in [-0.2, 0) is 11.8 Å². The monoisotopic (exact) mass is 890 g/mol. The minimum atomic E-state index is -0.407. The minimum absolute atomic E-state index is 0.112. The SMILES string of the molecule is c1ccc(-c2ccc(CCC(c3ccc4c(c3)-c3ccccc3C43c4ccccc4Sc4ccccc43)c3cc(-c4ccc5c(c4)oc4ccccc45)c4sc5ccccc5c4c3)cc2)cc1. The molecular formula is C64H42OS2. The van der Waals surface area contributed by atoms with Crippen LogP contribution in [0.25, 0.3) is 75.5 Å². The van der Waals surface area contributed by atoms with Gasteiger partial charge in [0.2, 0.25) is 0 Å². The molecule has 1 atom stereocenters. The maximum absolute atomic E-state index is 6.52. The molecule has 3 heterocycles. The third kappa shape index (κ3) is 6.01. The number of benzene rings is 10. The van der Waals surface area contributed by atoms with Gasteiger partial charge in [0.1, 0.15) is 11.2 Å². The molecule has 0 radical (unpaired) electrons. The molecule has 0 saturated heterocycles. The molecule has 12 aromatic rings. The lowest BCUT2D eigenvalue weighted by Gasteiger charge is -2.39. The Labute approximate surface area is 398 Å². The van der Waals surface area contributed by atoms with Crippen molar-refractivity contribution in [1.29, 1.82) is 0 Å². The van der Waals surface area contributed by atoms with Crippen molar-refractivity contribution in [3.05, 3.63) is 263 Å². The van der Waals surface area contributed by atoms with Gasteiger partial charge in [-0.3, -0.25) is 0 Å². The Morgan fingerprint density at radius 2 is 1.03 bits per heavy atom. The number of hydrogen-bond acceptors (Lipinski definition) is 3. The third-order valence-electron chi connectivity index (χ3n) is 14.6. The molecule has 0 saturated carbocycles. The van der Waals surface area contributed by atoms with E-state index in [1.807, 2.05) is 23.1 Å². The van der Waals surface area contributed by atoms with E-state index in [2.05, 4.69) is 224 Å². The zero-order valence-electron chi connectivity index (χ0n) is 36.6. The first-order valence-corrected chi connectivity index (χ1v) is 24.9. The Balaban J connectivity index is 0.971. The van der Waals surface area contributed by atoms with Gasteiger partial charge >= 0.3 is 0 Å². The molecule has 1 spiro atoms. The summed E-state index contributed by atoms with van der Waals surface area (Å²) in [5.74, 6) is 0.112. The van der Waals surface area contributed by atoms with E-state index in [-0.39, 0.29) is 5.92 Å². The average Bonchev–Trinajstić information content (AvgIpc) is 4.05. The van der Waals surface area contributed by atoms with Gasteiger partial charge in [0.15, 0.2) is 0 Å². The van der Waals surface area contributed by atoms with Crippen LogP contribution in [0.3, 0.4) is 0 Å². The Bertz CT molecular complexity index is 3860. The van der Waals surface area contributed by atoms with E-state index in [0.717, 1.165) is 34.8 Å². The summed E-state index contributed by atoms with van der Waals surface area (Å²) in [6.07, 6.45) is 1.90. The van der Waals surface area contributed by atoms with Crippen LogP contribution in [-0.4, -0.2) is 0 Å². The van der Waals surface area contributed by atoms with Crippen LogP contribution < -0.4 is 0 Å². The predicted octanol–water partition coefficient (Wildman–Crippen LogP) is 17.9. The smallest absolute Gasteiger partial charge is 0.136 e. The lowest BCUT2D eigenvalue weighted by molar-refractivity contribution is 0.669. The van der Waals surface area contributed by atoms with Gasteiger partial charge in [0.25, 0.3) is 0 Å². The maximum atomic E-state index is 6.52. The van der Waals surface area contributed by atoms with E-state index in [9.17, 15) is 0 Å². The molecular weight excluding hydrogens is 849 g/mol. The molecule has 0 amide bonds. The molecule has 1 aliphatic heterocycles. The first kappa shape index (κ1) is 38.8. The number of hydrogen-bond donors (Lipinski definition) is 0. The number of aryl methyl sites for hydroxylation is 1. The van der Waals surface area contributed by atoms with E-state index in [4.69, 9.17) is 4.42 Å². The quantitative estimate of drug-likeness (QED) is 0.158. The number of fused-ring (bicyclic) bond motifs is 15. The van der Waals surface area contributed by atoms with E-state index >= 15 is 0 Å². The highest BCUT2D eigenvalue weighted by molar-refractivity contribution is 7.99. The second-order valence-corrected chi connectivity index (χ2v) is 20.3. The first-order valence-electron chi connectivity index (χ1n) is 23.3. The van der Waals surface area contributed by atoms with Crippen LogP contribution in [0.15, 0.2) is 239 Å². The second kappa shape index (κ2) is 15.3. The number of furan rings is 1. The van der Waals surface area contributed by atoms with Crippen LogP contribution in [0, 0.1) is 0 Å². The minimum Gasteiger partial charge on any atom is -0.456 e. The van der Waals surface area contributed by atoms with Crippen molar-refractivity contribution >= 4 is 65.2 Å². The van der Waals surface area contributed by atoms with Crippen molar-refractivity contribution in [3.8, 4) is 33.4 Å². The fourth-order valence-electron chi connectivity index (χ4n) is 11.6. The van der Waals surface area contributed by atoms with Crippen LogP contribution >= 0.6 is 23.1 Å². The van der Waals surface area contributed by atoms with E-state index in [1.54, 1.807) is 0 Å². The molecule has 1 aliphatic carbocycles. The Morgan fingerprint density at radius 1 is 0.403 bits per heavy atom. The molecule has 0 fully saturated rings. The molecule has 316 valence electrons. The fraction of sp³-hybridized carbons (Fsp3) is 0.0625. The maximum Gasteiger partial charge on any atom is 0.136 e.